The van der Waals surface area contributed by atoms with Crippen molar-refractivity contribution in [2.75, 3.05) is 13.2 Å². The molecular weight excluding hydrogens is 200 g/mol. The van der Waals surface area contributed by atoms with Crippen LogP contribution in [0.1, 0.15) is 25.0 Å². The van der Waals surface area contributed by atoms with E-state index < -0.39 is 0 Å². The molecule has 3 nitrogen and oxygen atoms in total. The number of amidine groups is 1. The zero-order valence-corrected chi connectivity index (χ0v) is 9.86. The third kappa shape index (κ3) is 2.25. The predicted octanol–water partition coefficient (Wildman–Crippen LogP) is 2.25. The molecule has 0 amide bonds. The second-order valence-electron chi connectivity index (χ2n) is 4.35. The highest BCUT2D eigenvalue weighted by Crippen LogP contribution is 2.21. The Morgan fingerprint density at radius 1 is 1.38 bits per heavy atom. The topological polar surface area (TPSA) is 36.3 Å². The molecule has 0 aliphatic carbocycles. The average molecular weight is 218 g/mol. The smallest absolute Gasteiger partial charge is 0.128 e. The number of hydrogen-bond acceptors (Lipinski definition) is 2. The Labute approximate surface area is 96.5 Å². The number of fused-ring (bicyclic) bond motifs is 1. The van der Waals surface area contributed by atoms with Gasteiger partial charge >= 0.3 is 0 Å². The van der Waals surface area contributed by atoms with Gasteiger partial charge in [-0.3, -0.25) is 5.41 Å². The molecule has 1 heterocycles. The molecule has 0 spiro atoms. The van der Waals surface area contributed by atoms with Crippen LogP contribution in [-0.2, 0) is 11.3 Å². The maximum absolute atomic E-state index is 8.04. The minimum atomic E-state index is 0.263. The normalized spacial score (nSPS) is 14.7. The molecule has 0 unspecified atom stereocenters. The highest BCUT2D eigenvalue weighted by molar-refractivity contribution is 6.00. The highest BCUT2D eigenvalue weighted by Gasteiger charge is 2.22. The number of rotatable bonds is 4. The number of ether oxygens (including phenoxy) is 1. The largest absolute Gasteiger partial charge is 0.377 e. The summed E-state index contributed by atoms with van der Waals surface area (Å²) in [5, 5.41) is 8.04. The first-order valence-corrected chi connectivity index (χ1v) is 5.72. The van der Waals surface area contributed by atoms with Crippen LogP contribution in [0.2, 0.25) is 0 Å². The van der Waals surface area contributed by atoms with Crippen LogP contribution in [0.5, 0.6) is 0 Å². The Kier molecular flexibility index (Phi) is 3.25. The first-order chi connectivity index (χ1) is 7.68. The van der Waals surface area contributed by atoms with Gasteiger partial charge in [-0.1, -0.05) is 24.3 Å². The number of nitrogens with zero attached hydrogens (tertiary/aromatic N) is 1. The maximum atomic E-state index is 8.04. The van der Waals surface area contributed by atoms with E-state index in [1.54, 1.807) is 0 Å². The van der Waals surface area contributed by atoms with Crippen molar-refractivity contribution >= 4 is 5.84 Å². The van der Waals surface area contributed by atoms with Gasteiger partial charge in [0.2, 0.25) is 0 Å². The van der Waals surface area contributed by atoms with E-state index in [0.29, 0.717) is 12.4 Å². The summed E-state index contributed by atoms with van der Waals surface area (Å²) in [6.45, 7) is 6.39. The third-order valence-corrected chi connectivity index (χ3v) is 2.76. The quantitative estimate of drug-likeness (QED) is 0.841. The fourth-order valence-corrected chi connectivity index (χ4v) is 1.93. The van der Waals surface area contributed by atoms with Crippen molar-refractivity contribution in [3.8, 4) is 0 Å². The summed E-state index contributed by atoms with van der Waals surface area (Å²) in [6, 6.07) is 8.12. The Morgan fingerprint density at radius 3 is 2.81 bits per heavy atom. The Bertz CT molecular complexity index is 387. The maximum Gasteiger partial charge on any atom is 0.128 e. The van der Waals surface area contributed by atoms with Crippen molar-refractivity contribution in [3.63, 3.8) is 0 Å². The summed E-state index contributed by atoms with van der Waals surface area (Å²) < 4.78 is 5.51. The molecule has 1 aliphatic rings. The molecule has 1 N–H and O–H groups in total. The Hall–Kier alpha value is -1.35. The van der Waals surface area contributed by atoms with Crippen LogP contribution in [0.15, 0.2) is 24.3 Å². The molecule has 0 fully saturated rings. The lowest BCUT2D eigenvalue weighted by molar-refractivity contribution is 0.0697. The lowest BCUT2D eigenvalue weighted by Crippen LogP contribution is -2.28. The molecule has 16 heavy (non-hydrogen) atoms. The van der Waals surface area contributed by atoms with Crippen molar-refractivity contribution in [3.05, 3.63) is 35.4 Å². The predicted molar refractivity (Wildman–Crippen MR) is 64.8 cm³/mol. The van der Waals surface area contributed by atoms with Gasteiger partial charge in [-0.05, 0) is 19.4 Å². The second kappa shape index (κ2) is 4.66. The van der Waals surface area contributed by atoms with E-state index in [-0.39, 0.29) is 6.10 Å². The van der Waals surface area contributed by atoms with Gasteiger partial charge in [-0.25, -0.2) is 0 Å². The van der Waals surface area contributed by atoms with Crippen LogP contribution in [0.25, 0.3) is 0 Å². The molecule has 0 atom stereocenters. The van der Waals surface area contributed by atoms with Gasteiger partial charge in [0.25, 0.3) is 0 Å². The summed E-state index contributed by atoms with van der Waals surface area (Å²) in [5.74, 6) is 0.628. The average Bonchev–Trinajstić information content (AvgIpc) is 2.56. The summed E-state index contributed by atoms with van der Waals surface area (Å²) in [4.78, 5) is 2.06. The van der Waals surface area contributed by atoms with Gasteiger partial charge in [0, 0.05) is 18.7 Å². The van der Waals surface area contributed by atoms with E-state index in [9.17, 15) is 0 Å². The zero-order chi connectivity index (χ0) is 11.5. The highest BCUT2D eigenvalue weighted by atomic mass is 16.5. The van der Waals surface area contributed by atoms with Gasteiger partial charge in [-0.2, -0.15) is 0 Å². The lowest BCUT2D eigenvalue weighted by Gasteiger charge is -2.18. The van der Waals surface area contributed by atoms with E-state index in [0.717, 1.165) is 18.7 Å². The van der Waals surface area contributed by atoms with E-state index in [1.807, 2.05) is 32.0 Å². The van der Waals surface area contributed by atoms with Crippen LogP contribution in [0, 0.1) is 5.41 Å². The Morgan fingerprint density at radius 2 is 2.12 bits per heavy atom. The van der Waals surface area contributed by atoms with Crippen molar-refractivity contribution in [1.29, 1.82) is 5.41 Å². The summed E-state index contributed by atoms with van der Waals surface area (Å²) >= 11 is 0. The minimum absolute atomic E-state index is 0.263. The van der Waals surface area contributed by atoms with Gasteiger partial charge < -0.3 is 9.64 Å². The molecule has 0 bridgehead atoms. The van der Waals surface area contributed by atoms with Crippen molar-refractivity contribution in [1.82, 2.24) is 4.90 Å². The second-order valence-corrected chi connectivity index (χ2v) is 4.35. The number of nitrogens with one attached hydrogen (secondary N) is 1. The molecule has 1 aromatic carbocycles. The molecule has 1 aliphatic heterocycles. The first kappa shape index (κ1) is 11.1. The van der Waals surface area contributed by atoms with Crippen LogP contribution in [0.3, 0.4) is 0 Å². The molecule has 2 rings (SSSR count). The summed E-state index contributed by atoms with van der Waals surface area (Å²) in [6.07, 6.45) is 0.263. The van der Waals surface area contributed by atoms with Gasteiger partial charge in [-0.15, -0.1) is 0 Å². The van der Waals surface area contributed by atoms with E-state index in [1.165, 1.54) is 5.56 Å². The van der Waals surface area contributed by atoms with E-state index in [2.05, 4.69) is 11.0 Å². The fraction of sp³-hybridized carbons (Fsp3) is 0.462. The molecule has 0 radical (unpaired) electrons. The van der Waals surface area contributed by atoms with E-state index >= 15 is 0 Å². The van der Waals surface area contributed by atoms with Gasteiger partial charge in [0.15, 0.2) is 0 Å². The standard InChI is InChI=1S/C13H18N2O/c1-10(2)16-8-7-15-9-11-5-3-4-6-12(11)13(15)14/h3-6,10,14H,7-9H2,1-2H3. The lowest BCUT2D eigenvalue weighted by atomic mass is 10.1. The molecule has 0 saturated carbocycles. The molecule has 3 heteroatoms. The first-order valence-electron chi connectivity index (χ1n) is 5.72. The molecular formula is C13H18N2O. The summed E-state index contributed by atoms with van der Waals surface area (Å²) in [5.41, 5.74) is 2.31. The molecule has 86 valence electrons. The number of benzene rings is 1. The van der Waals surface area contributed by atoms with Crippen LogP contribution in [0.4, 0.5) is 0 Å². The van der Waals surface area contributed by atoms with Gasteiger partial charge in [0.05, 0.1) is 12.7 Å². The van der Waals surface area contributed by atoms with E-state index in [4.69, 9.17) is 10.1 Å². The van der Waals surface area contributed by atoms with Crippen molar-refractivity contribution in [2.24, 2.45) is 0 Å². The van der Waals surface area contributed by atoms with Crippen LogP contribution >= 0.6 is 0 Å². The SMILES string of the molecule is CC(C)OCCN1Cc2ccccc2C1=N. The Balaban J connectivity index is 1.94. The van der Waals surface area contributed by atoms with Crippen LogP contribution in [-0.4, -0.2) is 30.0 Å². The van der Waals surface area contributed by atoms with Gasteiger partial charge in [0.1, 0.15) is 5.84 Å². The van der Waals surface area contributed by atoms with Crippen molar-refractivity contribution < 1.29 is 4.74 Å². The molecule has 0 aromatic heterocycles. The third-order valence-electron chi connectivity index (χ3n) is 2.76. The summed E-state index contributed by atoms with van der Waals surface area (Å²) in [7, 11) is 0. The number of hydrogen-bond donors (Lipinski definition) is 1. The fourth-order valence-electron chi connectivity index (χ4n) is 1.93. The van der Waals surface area contributed by atoms with Crippen molar-refractivity contribution in [2.45, 2.75) is 26.5 Å². The molecule has 0 saturated heterocycles. The monoisotopic (exact) mass is 218 g/mol. The molecule has 1 aromatic rings. The van der Waals surface area contributed by atoms with Crippen LogP contribution < -0.4 is 0 Å². The minimum Gasteiger partial charge on any atom is -0.377 e. The zero-order valence-electron chi connectivity index (χ0n) is 9.86.